The minimum Gasteiger partial charge on any atom is -0.295 e. The van der Waals surface area contributed by atoms with Crippen molar-refractivity contribution in [1.29, 1.82) is 0 Å². The summed E-state index contributed by atoms with van der Waals surface area (Å²) < 4.78 is 0. The Hall–Kier alpha value is -0.850. The standard InChI is InChI=1S/C14H24O/c1-5-8-9-13(6-2)10-12(4)11-14(15)7-3/h8-9,11,13H,5-7,10H2,1-4H3. The third-order valence-electron chi connectivity index (χ3n) is 2.51. The second-order valence-corrected chi connectivity index (χ2v) is 4.02. The van der Waals surface area contributed by atoms with Crippen LogP contribution in [0.2, 0.25) is 0 Å². The summed E-state index contributed by atoms with van der Waals surface area (Å²) in [4.78, 5) is 11.2. The van der Waals surface area contributed by atoms with Crippen molar-refractivity contribution in [2.75, 3.05) is 0 Å². The van der Waals surface area contributed by atoms with Crippen LogP contribution in [0.5, 0.6) is 0 Å². The van der Waals surface area contributed by atoms with E-state index in [0.29, 0.717) is 12.3 Å². The first kappa shape index (κ1) is 14.2. The topological polar surface area (TPSA) is 17.1 Å². The van der Waals surface area contributed by atoms with Crippen LogP contribution in [0.25, 0.3) is 0 Å². The summed E-state index contributed by atoms with van der Waals surface area (Å²) in [6.07, 6.45) is 10.1. The van der Waals surface area contributed by atoms with E-state index in [9.17, 15) is 4.79 Å². The van der Waals surface area contributed by atoms with Crippen LogP contribution in [0.1, 0.15) is 53.4 Å². The van der Waals surface area contributed by atoms with E-state index >= 15 is 0 Å². The molecule has 0 heterocycles. The van der Waals surface area contributed by atoms with Gasteiger partial charge in [0, 0.05) is 6.42 Å². The Morgan fingerprint density at radius 1 is 1.27 bits per heavy atom. The molecule has 0 aliphatic rings. The third-order valence-corrected chi connectivity index (χ3v) is 2.51. The maximum absolute atomic E-state index is 11.2. The summed E-state index contributed by atoms with van der Waals surface area (Å²) in [7, 11) is 0. The Balaban J connectivity index is 4.23. The molecule has 1 atom stereocenters. The van der Waals surface area contributed by atoms with Crippen molar-refractivity contribution in [2.24, 2.45) is 5.92 Å². The van der Waals surface area contributed by atoms with Crippen LogP contribution in [0.3, 0.4) is 0 Å². The van der Waals surface area contributed by atoms with E-state index in [4.69, 9.17) is 0 Å². The Morgan fingerprint density at radius 3 is 2.40 bits per heavy atom. The Labute approximate surface area is 94.3 Å². The smallest absolute Gasteiger partial charge is 0.155 e. The van der Waals surface area contributed by atoms with Gasteiger partial charge in [0.25, 0.3) is 0 Å². The van der Waals surface area contributed by atoms with Gasteiger partial charge in [-0.1, -0.05) is 38.5 Å². The van der Waals surface area contributed by atoms with Crippen molar-refractivity contribution in [1.82, 2.24) is 0 Å². The average molecular weight is 208 g/mol. The molecule has 0 N–H and O–H groups in total. The van der Waals surface area contributed by atoms with Gasteiger partial charge in [-0.15, -0.1) is 0 Å². The molecule has 0 amide bonds. The van der Waals surface area contributed by atoms with Crippen LogP contribution in [-0.2, 0) is 4.79 Å². The highest BCUT2D eigenvalue weighted by molar-refractivity contribution is 5.89. The zero-order valence-electron chi connectivity index (χ0n) is 10.5. The highest BCUT2D eigenvalue weighted by atomic mass is 16.1. The predicted molar refractivity (Wildman–Crippen MR) is 66.9 cm³/mol. The number of rotatable bonds is 7. The fourth-order valence-electron chi connectivity index (χ4n) is 1.53. The van der Waals surface area contributed by atoms with Gasteiger partial charge in [0.2, 0.25) is 0 Å². The van der Waals surface area contributed by atoms with Gasteiger partial charge in [0.05, 0.1) is 0 Å². The maximum atomic E-state index is 11.2. The van der Waals surface area contributed by atoms with E-state index in [-0.39, 0.29) is 5.78 Å². The number of allylic oxidation sites excluding steroid dienone is 4. The Morgan fingerprint density at radius 2 is 1.93 bits per heavy atom. The second kappa shape index (κ2) is 8.46. The average Bonchev–Trinajstić information content (AvgIpc) is 2.23. The molecule has 0 aromatic carbocycles. The van der Waals surface area contributed by atoms with E-state index < -0.39 is 0 Å². The molecule has 15 heavy (non-hydrogen) atoms. The second-order valence-electron chi connectivity index (χ2n) is 4.02. The van der Waals surface area contributed by atoms with E-state index in [2.05, 4.69) is 32.9 Å². The molecule has 0 saturated heterocycles. The number of hydrogen-bond donors (Lipinski definition) is 0. The first-order valence-corrected chi connectivity index (χ1v) is 6.00. The van der Waals surface area contributed by atoms with Crippen LogP contribution in [0.15, 0.2) is 23.8 Å². The van der Waals surface area contributed by atoms with Crippen LogP contribution in [0, 0.1) is 5.92 Å². The molecule has 1 unspecified atom stereocenters. The summed E-state index contributed by atoms with van der Waals surface area (Å²) >= 11 is 0. The fourth-order valence-corrected chi connectivity index (χ4v) is 1.53. The van der Waals surface area contributed by atoms with Crippen molar-refractivity contribution in [3.8, 4) is 0 Å². The molecule has 0 fully saturated rings. The minimum absolute atomic E-state index is 0.238. The lowest BCUT2D eigenvalue weighted by molar-refractivity contribution is -0.114. The summed E-state index contributed by atoms with van der Waals surface area (Å²) in [5.41, 5.74) is 1.20. The summed E-state index contributed by atoms with van der Waals surface area (Å²) in [6.45, 7) is 8.29. The molecule has 86 valence electrons. The van der Waals surface area contributed by atoms with E-state index in [0.717, 1.165) is 19.3 Å². The molecule has 0 saturated carbocycles. The van der Waals surface area contributed by atoms with Crippen molar-refractivity contribution < 1.29 is 4.79 Å². The van der Waals surface area contributed by atoms with Gasteiger partial charge in [0.1, 0.15) is 0 Å². The van der Waals surface area contributed by atoms with Gasteiger partial charge in [-0.3, -0.25) is 4.79 Å². The Bertz CT molecular complexity index is 236. The highest BCUT2D eigenvalue weighted by Crippen LogP contribution is 2.16. The zero-order valence-corrected chi connectivity index (χ0v) is 10.5. The number of hydrogen-bond acceptors (Lipinski definition) is 1. The molecule has 0 aliphatic carbocycles. The van der Waals surface area contributed by atoms with Crippen LogP contribution in [0.4, 0.5) is 0 Å². The van der Waals surface area contributed by atoms with Crippen molar-refractivity contribution in [2.45, 2.75) is 53.4 Å². The summed E-state index contributed by atoms with van der Waals surface area (Å²) in [5.74, 6) is 0.827. The van der Waals surface area contributed by atoms with E-state index in [1.54, 1.807) is 6.08 Å². The molecule has 0 aromatic rings. The van der Waals surface area contributed by atoms with Crippen molar-refractivity contribution >= 4 is 5.78 Å². The molecule has 1 nitrogen and oxygen atoms in total. The van der Waals surface area contributed by atoms with Gasteiger partial charge < -0.3 is 0 Å². The van der Waals surface area contributed by atoms with Gasteiger partial charge >= 0.3 is 0 Å². The SMILES string of the molecule is CCC=CC(CC)CC(C)=CC(=O)CC. The largest absolute Gasteiger partial charge is 0.295 e. The molecule has 0 spiro atoms. The van der Waals surface area contributed by atoms with Gasteiger partial charge in [-0.25, -0.2) is 0 Å². The number of ketones is 1. The molecular weight excluding hydrogens is 184 g/mol. The van der Waals surface area contributed by atoms with Gasteiger partial charge in [0.15, 0.2) is 5.78 Å². The lowest BCUT2D eigenvalue weighted by Gasteiger charge is -2.09. The first-order valence-electron chi connectivity index (χ1n) is 6.00. The molecule has 0 aliphatic heterocycles. The quantitative estimate of drug-likeness (QED) is 0.450. The highest BCUT2D eigenvalue weighted by Gasteiger charge is 2.03. The van der Waals surface area contributed by atoms with Gasteiger partial charge in [-0.05, 0) is 38.2 Å². The minimum atomic E-state index is 0.238. The molecule has 0 radical (unpaired) electrons. The predicted octanol–water partition coefficient (Wildman–Crippen LogP) is 4.29. The van der Waals surface area contributed by atoms with E-state index in [1.165, 1.54) is 5.57 Å². The molecule has 0 aromatic heterocycles. The zero-order chi connectivity index (χ0) is 11.7. The summed E-state index contributed by atoms with van der Waals surface area (Å²) in [5, 5.41) is 0. The Kier molecular flexibility index (Phi) is 7.98. The third kappa shape index (κ3) is 7.12. The van der Waals surface area contributed by atoms with Crippen LogP contribution >= 0.6 is 0 Å². The number of carbonyl (C=O) groups is 1. The molecule has 1 heteroatoms. The summed E-state index contributed by atoms with van der Waals surface area (Å²) in [6, 6.07) is 0. The fraction of sp³-hybridized carbons (Fsp3) is 0.643. The monoisotopic (exact) mass is 208 g/mol. The van der Waals surface area contributed by atoms with Crippen LogP contribution < -0.4 is 0 Å². The molecule has 0 rings (SSSR count). The van der Waals surface area contributed by atoms with Crippen molar-refractivity contribution in [3.05, 3.63) is 23.8 Å². The van der Waals surface area contributed by atoms with Crippen LogP contribution in [-0.4, -0.2) is 5.78 Å². The first-order chi connectivity index (χ1) is 7.13. The van der Waals surface area contributed by atoms with E-state index in [1.807, 2.05) is 6.92 Å². The molecule has 0 bridgehead atoms. The maximum Gasteiger partial charge on any atom is 0.155 e. The normalized spacial score (nSPS) is 14.5. The number of carbonyl (C=O) groups excluding carboxylic acids is 1. The molecular formula is C14H24O. The lowest BCUT2D eigenvalue weighted by Crippen LogP contribution is -1.98. The lowest BCUT2D eigenvalue weighted by atomic mass is 9.96. The van der Waals surface area contributed by atoms with Crippen molar-refractivity contribution in [3.63, 3.8) is 0 Å². The van der Waals surface area contributed by atoms with Gasteiger partial charge in [-0.2, -0.15) is 0 Å².